The molecule has 102 valence electrons. The fourth-order valence-corrected chi connectivity index (χ4v) is 5.74. The molecule has 0 saturated carbocycles. The van der Waals surface area contributed by atoms with E-state index in [1.807, 2.05) is 0 Å². The van der Waals surface area contributed by atoms with Crippen molar-refractivity contribution in [1.82, 2.24) is 4.72 Å². The first-order valence-corrected chi connectivity index (χ1v) is 9.19. The molecule has 1 fully saturated rings. The van der Waals surface area contributed by atoms with Crippen molar-refractivity contribution >= 4 is 44.7 Å². The molecule has 0 aromatic carbocycles. The molecule has 1 aromatic rings. The van der Waals surface area contributed by atoms with Gasteiger partial charge in [0.25, 0.3) is 0 Å². The summed E-state index contributed by atoms with van der Waals surface area (Å²) in [5.41, 5.74) is -0.376. The molecule has 2 rings (SSSR count). The molecule has 0 radical (unpaired) electrons. The van der Waals surface area contributed by atoms with Gasteiger partial charge in [-0.3, -0.25) is 0 Å². The molecule has 1 aliphatic heterocycles. The van der Waals surface area contributed by atoms with E-state index in [1.54, 1.807) is 24.9 Å². The Morgan fingerprint density at radius 3 is 2.83 bits per heavy atom. The number of ether oxygens (including phenoxy) is 1. The van der Waals surface area contributed by atoms with E-state index in [4.69, 9.17) is 16.3 Å². The summed E-state index contributed by atoms with van der Waals surface area (Å²) in [6, 6.07) is 3.09. The van der Waals surface area contributed by atoms with Crippen molar-refractivity contribution in [3.05, 3.63) is 16.5 Å². The van der Waals surface area contributed by atoms with E-state index < -0.39 is 10.0 Å². The number of hydrogen-bond acceptors (Lipinski definition) is 5. The topological polar surface area (TPSA) is 55.4 Å². The van der Waals surface area contributed by atoms with Crippen molar-refractivity contribution < 1.29 is 13.2 Å². The largest absolute Gasteiger partial charge is 0.376 e. The van der Waals surface area contributed by atoms with E-state index in [-0.39, 0.29) is 9.81 Å². The lowest BCUT2D eigenvalue weighted by molar-refractivity contribution is 0.0179. The Morgan fingerprint density at radius 1 is 1.56 bits per heavy atom. The van der Waals surface area contributed by atoms with Crippen LogP contribution in [0.15, 0.2) is 16.3 Å². The molecule has 1 N–H and O–H groups in total. The molecule has 1 atom stereocenters. The van der Waals surface area contributed by atoms with Gasteiger partial charge in [-0.15, -0.1) is 11.3 Å². The Balaban J connectivity index is 2.05. The summed E-state index contributed by atoms with van der Waals surface area (Å²) in [4.78, 5) is 0. The highest BCUT2D eigenvalue weighted by molar-refractivity contribution is 7.99. The molecular formula is C10H14ClNO3S3. The van der Waals surface area contributed by atoms with Crippen LogP contribution >= 0.6 is 34.7 Å². The van der Waals surface area contributed by atoms with Gasteiger partial charge in [0, 0.05) is 19.4 Å². The average molecular weight is 328 g/mol. The average Bonchev–Trinajstić information content (AvgIpc) is 2.96. The van der Waals surface area contributed by atoms with Gasteiger partial charge in [0.2, 0.25) is 10.0 Å². The van der Waals surface area contributed by atoms with E-state index >= 15 is 0 Å². The molecule has 2 heterocycles. The Morgan fingerprint density at radius 2 is 2.33 bits per heavy atom. The number of thioether (sulfide) groups is 1. The predicted molar refractivity (Wildman–Crippen MR) is 76.2 cm³/mol. The highest BCUT2D eigenvalue weighted by Crippen LogP contribution is 2.31. The zero-order valence-corrected chi connectivity index (χ0v) is 13.0. The second-order valence-corrected chi connectivity index (χ2v) is 8.89. The minimum Gasteiger partial charge on any atom is -0.376 e. The number of hydrogen-bond donors (Lipinski definition) is 1. The van der Waals surface area contributed by atoms with Gasteiger partial charge >= 0.3 is 0 Å². The van der Waals surface area contributed by atoms with Crippen LogP contribution in [-0.4, -0.2) is 39.2 Å². The van der Waals surface area contributed by atoms with Gasteiger partial charge in [-0.05, 0) is 24.3 Å². The summed E-state index contributed by atoms with van der Waals surface area (Å²) in [6.45, 7) is 0.300. The number of thiophene rings is 1. The van der Waals surface area contributed by atoms with Gasteiger partial charge in [0.05, 0.1) is 9.94 Å². The third-order valence-corrected chi connectivity index (χ3v) is 7.25. The van der Waals surface area contributed by atoms with E-state index in [1.165, 1.54) is 6.07 Å². The zero-order valence-electron chi connectivity index (χ0n) is 9.81. The Labute approximate surface area is 120 Å². The van der Waals surface area contributed by atoms with Crippen LogP contribution in [0.1, 0.15) is 6.42 Å². The molecule has 1 unspecified atom stereocenters. The van der Waals surface area contributed by atoms with Crippen LogP contribution in [-0.2, 0) is 14.8 Å². The normalized spacial score (nSPS) is 24.6. The van der Waals surface area contributed by atoms with Crippen LogP contribution in [0.5, 0.6) is 0 Å². The van der Waals surface area contributed by atoms with Gasteiger partial charge in [0.15, 0.2) is 0 Å². The minimum absolute atomic E-state index is 0.240. The molecule has 1 aliphatic rings. The molecule has 0 aliphatic carbocycles. The van der Waals surface area contributed by atoms with Crippen LogP contribution in [0.25, 0.3) is 0 Å². The summed E-state index contributed by atoms with van der Waals surface area (Å²) in [5, 5.41) is 0. The molecule has 0 bridgehead atoms. The van der Waals surface area contributed by atoms with Gasteiger partial charge in [-0.2, -0.15) is 11.8 Å². The van der Waals surface area contributed by atoms with E-state index in [0.717, 1.165) is 29.3 Å². The molecular weight excluding hydrogens is 314 g/mol. The van der Waals surface area contributed by atoms with Crippen LogP contribution in [0.4, 0.5) is 0 Å². The highest BCUT2D eigenvalue weighted by Gasteiger charge is 2.35. The molecule has 1 aromatic heterocycles. The van der Waals surface area contributed by atoms with Crippen LogP contribution in [0.3, 0.4) is 0 Å². The maximum Gasteiger partial charge on any atom is 0.250 e. The number of rotatable bonds is 5. The van der Waals surface area contributed by atoms with Crippen molar-refractivity contribution in [2.24, 2.45) is 0 Å². The van der Waals surface area contributed by atoms with E-state index in [2.05, 4.69) is 4.72 Å². The molecule has 0 amide bonds. The predicted octanol–water partition coefficient (Wildman–Crippen LogP) is 2.20. The lowest BCUT2D eigenvalue weighted by atomic mass is 10.0. The summed E-state index contributed by atoms with van der Waals surface area (Å²) in [7, 11) is -1.85. The zero-order chi connectivity index (χ0) is 13.2. The second kappa shape index (κ2) is 5.68. The molecule has 4 nitrogen and oxygen atoms in total. The number of sulfonamides is 1. The van der Waals surface area contributed by atoms with Crippen molar-refractivity contribution in [3.63, 3.8) is 0 Å². The van der Waals surface area contributed by atoms with Gasteiger partial charge in [-0.1, -0.05) is 11.6 Å². The monoisotopic (exact) mass is 327 g/mol. The molecule has 0 spiro atoms. The summed E-state index contributed by atoms with van der Waals surface area (Å²) >= 11 is 8.58. The first kappa shape index (κ1) is 14.6. The SMILES string of the molecule is COC1(CNS(=O)(=O)c2ccc(Cl)s2)CCSC1. The lowest BCUT2D eigenvalue weighted by Gasteiger charge is -2.26. The lowest BCUT2D eigenvalue weighted by Crippen LogP contribution is -2.44. The standard InChI is InChI=1S/C10H14ClNO3S3/c1-15-10(4-5-16-7-10)6-12-18(13,14)9-3-2-8(11)17-9/h2-3,12H,4-7H2,1H3. The quantitative estimate of drug-likeness (QED) is 0.900. The summed E-state index contributed by atoms with van der Waals surface area (Å²) in [6.07, 6.45) is 0.863. The fourth-order valence-electron chi connectivity index (χ4n) is 1.70. The second-order valence-electron chi connectivity index (χ2n) is 4.07. The van der Waals surface area contributed by atoms with Gasteiger partial charge in [0.1, 0.15) is 4.21 Å². The van der Waals surface area contributed by atoms with Crippen molar-refractivity contribution in [3.8, 4) is 0 Å². The minimum atomic E-state index is -3.48. The number of nitrogens with one attached hydrogen (secondary N) is 1. The molecule has 18 heavy (non-hydrogen) atoms. The van der Waals surface area contributed by atoms with E-state index in [9.17, 15) is 8.42 Å². The van der Waals surface area contributed by atoms with Gasteiger partial charge < -0.3 is 4.74 Å². The number of halogens is 1. The van der Waals surface area contributed by atoms with Crippen LogP contribution < -0.4 is 4.72 Å². The van der Waals surface area contributed by atoms with Crippen LogP contribution in [0, 0.1) is 0 Å². The Bertz CT molecular complexity index is 508. The van der Waals surface area contributed by atoms with E-state index in [0.29, 0.717) is 10.9 Å². The third-order valence-electron chi connectivity index (χ3n) is 2.90. The van der Waals surface area contributed by atoms with Crippen molar-refractivity contribution in [1.29, 1.82) is 0 Å². The smallest absolute Gasteiger partial charge is 0.250 e. The van der Waals surface area contributed by atoms with Gasteiger partial charge in [-0.25, -0.2) is 13.1 Å². The third kappa shape index (κ3) is 3.20. The Kier molecular flexibility index (Phi) is 4.61. The fraction of sp³-hybridized carbons (Fsp3) is 0.600. The first-order valence-electron chi connectivity index (χ1n) is 5.35. The molecule has 1 saturated heterocycles. The summed E-state index contributed by atoms with van der Waals surface area (Å²) < 4.78 is 32.9. The van der Waals surface area contributed by atoms with Crippen molar-refractivity contribution in [2.75, 3.05) is 25.2 Å². The maximum atomic E-state index is 12.0. The highest BCUT2D eigenvalue weighted by atomic mass is 35.5. The number of methoxy groups -OCH3 is 1. The first-order chi connectivity index (χ1) is 8.47. The maximum absolute atomic E-state index is 12.0. The van der Waals surface area contributed by atoms with Crippen molar-refractivity contribution in [2.45, 2.75) is 16.2 Å². The Hall–Kier alpha value is 0.210. The van der Waals surface area contributed by atoms with Crippen LogP contribution in [0.2, 0.25) is 4.34 Å². The molecule has 8 heteroatoms. The summed E-state index contributed by atoms with van der Waals surface area (Å²) in [5.74, 6) is 1.82.